The topological polar surface area (TPSA) is 111 Å². The molecule has 2 aromatic carbocycles. The Kier molecular flexibility index (Phi) is 7.60. The van der Waals surface area contributed by atoms with Gasteiger partial charge in [-0.1, -0.05) is 12.1 Å². The summed E-state index contributed by atoms with van der Waals surface area (Å²) in [4.78, 5) is 24.3. The number of esters is 1. The van der Waals surface area contributed by atoms with Crippen LogP contribution in [0.4, 0.5) is 5.69 Å². The van der Waals surface area contributed by atoms with Crippen molar-refractivity contribution < 1.29 is 27.5 Å². The number of hydrogen-bond acceptors (Lipinski definition) is 6. The lowest BCUT2D eigenvalue weighted by Crippen LogP contribution is -2.35. The van der Waals surface area contributed by atoms with Crippen LogP contribution in [0.1, 0.15) is 31.1 Å². The third-order valence-corrected chi connectivity index (χ3v) is 5.22. The number of carbonyl (C=O) groups excluding carboxylic acids is 2. The standard InChI is InChI=1S/C20H24N2O6S/c1-4-21-19(23)14(3)28-20(24)17-8-6-7-9-18(17)22-29(25,26)16-12-10-15(11-13-16)27-5-2/h6-14,22H,4-5H2,1-3H3,(H,21,23). The number of ether oxygens (including phenoxy) is 2. The van der Waals surface area contributed by atoms with Gasteiger partial charge in [0.05, 0.1) is 22.8 Å². The van der Waals surface area contributed by atoms with Gasteiger partial charge >= 0.3 is 5.97 Å². The van der Waals surface area contributed by atoms with Crippen LogP contribution in [0.5, 0.6) is 5.75 Å². The van der Waals surface area contributed by atoms with Crippen LogP contribution in [0.3, 0.4) is 0 Å². The molecule has 9 heteroatoms. The summed E-state index contributed by atoms with van der Waals surface area (Å²) in [6.07, 6.45) is -1.02. The molecule has 0 radical (unpaired) electrons. The fraction of sp³-hybridized carbons (Fsp3) is 0.300. The van der Waals surface area contributed by atoms with E-state index in [2.05, 4.69) is 10.0 Å². The fourth-order valence-corrected chi connectivity index (χ4v) is 3.51. The third kappa shape index (κ3) is 5.95. The van der Waals surface area contributed by atoms with Crippen molar-refractivity contribution in [1.29, 1.82) is 0 Å². The summed E-state index contributed by atoms with van der Waals surface area (Å²) in [5.74, 6) is -0.697. The quantitative estimate of drug-likeness (QED) is 0.603. The highest BCUT2D eigenvalue weighted by molar-refractivity contribution is 7.92. The average molecular weight is 420 g/mol. The lowest BCUT2D eigenvalue weighted by molar-refractivity contribution is -0.128. The highest BCUT2D eigenvalue weighted by Gasteiger charge is 2.23. The molecule has 1 atom stereocenters. The number of sulfonamides is 1. The first-order valence-electron chi connectivity index (χ1n) is 9.11. The second-order valence-corrected chi connectivity index (χ2v) is 7.68. The predicted molar refractivity (Wildman–Crippen MR) is 108 cm³/mol. The third-order valence-electron chi connectivity index (χ3n) is 3.84. The van der Waals surface area contributed by atoms with Crippen molar-refractivity contribution in [2.75, 3.05) is 17.9 Å². The SMILES string of the molecule is CCNC(=O)C(C)OC(=O)c1ccccc1NS(=O)(=O)c1ccc(OCC)cc1. The highest BCUT2D eigenvalue weighted by atomic mass is 32.2. The van der Waals surface area contributed by atoms with Crippen LogP contribution in [0.25, 0.3) is 0 Å². The lowest BCUT2D eigenvalue weighted by Gasteiger charge is -2.15. The fourth-order valence-electron chi connectivity index (χ4n) is 2.43. The maximum absolute atomic E-state index is 12.7. The Labute approximate surface area is 170 Å². The maximum Gasteiger partial charge on any atom is 0.341 e. The zero-order chi connectivity index (χ0) is 21.4. The van der Waals surface area contributed by atoms with Gasteiger partial charge in [0.25, 0.3) is 15.9 Å². The average Bonchev–Trinajstić information content (AvgIpc) is 2.69. The van der Waals surface area contributed by atoms with Crippen molar-refractivity contribution in [3.8, 4) is 5.75 Å². The van der Waals surface area contributed by atoms with Crippen LogP contribution in [-0.2, 0) is 19.6 Å². The molecular formula is C20H24N2O6S. The first-order chi connectivity index (χ1) is 13.8. The summed E-state index contributed by atoms with van der Waals surface area (Å²) < 4.78 is 38.2. The van der Waals surface area contributed by atoms with Crippen LogP contribution in [0.15, 0.2) is 53.4 Å². The van der Waals surface area contributed by atoms with Crippen molar-refractivity contribution in [1.82, 2.24) is 5.32 Å². The number of anilines is 1. The first-order valence-corrected chi connectivity index (χ1v) is 10.6. The molecule has 1 amide bonds. The lowest BCUT2D eigenvalue weighted by atomic mass is 10.2. The van der Waals surface area contributed by atoms with E-state index in [-0.39, 0.29) is 16.1 Å². The van der Waals surface area contributed by atoms with Gasteiger partial charge in [-0.25, -0.2) is 13.2 Å². The molecule has 2 aromatic rings. The molecule has 2 N–H and O–H groups in total. The summed E-state index contributed by atoms with van der Waals surface area (Å²) >= 11 is 0. The van der Waals surface area contributed by atoms with Crippen LogP contribution in [0, 0.1) is 0 Å². The summed E-state index contributed by atoms with van der Waals surface area (Å²) in [6, 6.07) is 11.9. The van der Waals surface area contributed by atoms with E-state index in [1.807, 2.05) is 6.92 Å². The summed E-state index contributed by atoms with van der Waals surface area (Å²) in [5.41, 5.74) is 0.0487. The number of rotatable bonds is 9. The van der Waals surface area contributed by atoms with Gasteiger partial charge in [0, 0.05) is 6.54 Å². The minimum Gasteiger partial charge on any atom is -0.494 e. The molecule has 0 aliphatic heterocycles. The van der Waals surface area contributed by atoms with E-state index in [9.17, 15) is 18.0 Å². The molecule has 0 saturated heterocycles. The molecule has 0 heterocycles. The molecule has 0 aliphatic carbocycles. The molecule has 29 heavy (non-hydrogen) atoms. The Bertz CT molecular complexity index is 957. The van der Waals surface area contributed by atoms with E-state index in [1.54, 1.807) is 31.2 Å². The second kappa shape index (κ2) is 9.92. The van der Waals surface area contributed by atoms with Gasteiger partial charge in [-0.3, -0.25) is 9.52 Å². The van der Waals surface area contributed by atoms with E-state index < -0.39 is 28.0 Å². The molecule has 8 nitrogen and oxygen atoms in total. The second-order valence-electron chi connectivity index (χ2n) is 6.00. The Morgan fingerprint density at radius 3 is 2.31 bits per heavy atom. The van der Waals surface area contributed by atoms with Crippen LogP contribution in [0.2, 0.25) is 0 Å². The Morgan fingerprint density at radius 2 is 1.69 bits per heavy atom. The first kappa shape index (κ1) is 22.2. The monoisotopic (exact) mass is 420 g/mol. The molecule has 1 unspecified atom stereocenters. The van der Waals surface area contributed by atoms with Gasteiger partial charge < -0.3 is 14.8 Å². The largest absolute Gasteiger partial charge is 0.494 e. The maximum atomic E-state index is 12.7. The Hall–Kier alpha value is -3.07. The van der Waals surface area contributed by atoms with Gasteiger partial charge in [0.1, 0.15) is 5.75 Å². The summed E-state index contributed by atoms with van der Waals surface area (Å²) in [6.45, 7) is 5.88. The van der Waals surface area contributed by atoms with Crippen molar-refractivity contribution >= 4 is 27.6 Å². The molecular weight excluding hydrogens is 396 g/mol. The molecule has 0 bridgehead atoms. The van der Waals surface area contributed by atoms with Crippen LogP contribution < -0.4 is 14.8 Å². The normalized spacial score (nSPS) is 12.0. The van der Waals surface area contributed by atoms with E-state index in [1.165, 1.54) is 31.2 Å². The van der Waals surface area contributed by atoms with Gasteiger partial charge in [-0.15, -0.1) is 0 Å². The Balaban J connectivity index is 2.21. The Morgan fingerprint density at radius 1 is 1.03 bits per heavy atom. The number of likely N-dealkylation sites (N-methyl/N-ethyl adjacent to an activating group) is 1. The van der Waals surface area contributed by atoms with E-state index >= 15 is 0 Å². The molecule has 0 spiro atoms. The minimum atomic E-state index is -3.95. The van der Waals surface area contributed by atoms with Crippen LogP contribution >= 0.6 is 0 Å². The number of para-hydroxylation sites is 1. The van der Waals surface area contributed by atoms with Crippen molar-refractivity contribution in [3.63, 3.8) is 0 Å². The smallest absolute Gasteiger partial charge is 0.341 e. The number of carbonyl (C=O) groups is 2. The van der Waals surface area contributed by atoms with E-state index in [0.717, 1.165) is 0 Å². The molecule has 0 aliphatic rings. The summed E-state index contributed by atoms with van der Waals surface area (Å²) in [7, 11) is -3.95. The van der Waals surface area contributed by atoms with Gasteiger partial charge in [-0.2, -0.15) is 0 Å². The van der Waals surface area contributed by atoms with E-state index in [4.69, 9.17) is 9.47 Å². The molecule has 0 aromatic heterocycles. The highest BCUT2D eigenvalue weighted by Crippen LogP contribution is 2.23. The molecule has 2 rings (SSSR count). The predicted octanol–water partition coefficient (Wildman–Crippen LogP) is 2.57. The number of nitrogens with one attached hydrogen (secondary N) is 2. The van der Waals surface area contributed by atoms with Crippen molar-refractivity contribution in [3.05, 3.63) is 54.1 Å². The van der Waals surface area contributed by atoms with Crippen molar-refractivity contribution in [2.24, 2.45) is 0 Å². The summed E-state index contributed by atoms with van der Waals surface area (Å²) in [5, 5.41) is 2.55. The number of benzene rings is 2. The zero-order valence-electron chi connectivity index (χ0n) is 16.5. The van der Waals surface area contributed by atoms with Gasteiger partial charge in [-0.05, 0) is 57.2 Å². The minimum absolute atomic E-state index is 0.00170. The van der Waals surface area contributed by atoms with Crippen LogP contribution in [-0.4, -0.2) is 39.5 Å². The molecule has 0 saturated carbocycles. The van der Waals surface area contributed by atoms with Crippen molar-refractivity contribution in [2.45, 2.75) is 31.8 Å². The van der Waals surface area contributed by atoms with Gasteiger partial charge in [0.2, 0.25) is 0 Å². The van der Waals surface area contributed by atoms with Gasteiger partial charge in [0.15, 0.2) is 6.10 Å². The molecule has 0 fully saturated rings. The number of amides is 1. The zero-order valence-corrected chi connectivity index (χ0v) is 17.3. The number of hydrogen-bond donors (Lipinski definition) is 2. The molecule has 156 valence electrons. The van der Waals surface area contributed by atoms with E-state index in [0.29, 0.717) is 18.9 Å².